The molecule has 0 saturated carbocycles. The third kappa shape index (κ3) is 4.91. The first-order valence-electron chi connectivity index (χ1n) is 12.3. The van der Waals surface area contributed by atoms with Crippen molar-refractivity contribution >= 4 is 45.1 Å². The van der Waals surface area contributed by atoms with Gasteiger partial charge in [-0.05, 0) is 74.5 Å². The summed E-state index contributed by atoms with van der Waals surface area (Å²) in [5, 5.41) is 6.98. The van der Waals surface area contributed by atoms with Crippen molar-refractivity contribution in [1.82, 2.24) is 19.3 Å². The number of nitrogen functional groups attached to an aromatic ring is 1. The molecule has 0 radical (unpaired) electrons. The number of carbonyl (C=O) groups is 1. The van der Waals surface area contributed by atoms with Gasteiger partial charge in [0.2, 0.25) is 0 Å². The third-order valence-electron chi connectivity index (χ3n) is 6.56. The summed E-state index contributed by atoms with van der Waals surface area (Å²) in [5.41, 5.74) is 11.7. The maximum absolute atomic E-state index is 12.6. The first-order valence-corrected chi connectivity index (χ1v) is 13.1. The normalized spacial score (nSPS) is 13.7. The zero-order valence-electron chi connectivity index (χ0n) is 20.2. The molecule has 3 aromatic heterocycles. The van der Waals surface area contributed by atoms with Crippen LogP contribution in [0.2, 0.25) is 0 Å². The lowest BCUT2D eigenvalue weighted by Crippen LogP contribution is -2.20. The number of amides is 1. The van der Waals surface area contributed by atoms with Crippen LogP contribution >= 0.6 is 11.3 Å². The van der Waals surface area contributed by atoms with Crippen LogP contribution in [0.3, 0.4) is 0 Å². The fourth-order valence-electron chi connectivity index (χ4n) is 4.66. The van der Waals surface area contributed by atoms with Crippen LogP contribution in [0, 0.1) is 0 Å². The van der Waals surface area contributed by atoms with Crippen molar-refractivity contribution in [2.75, 3.05) is 29.5 Å². The minimum Gasteiger partial charge on any atom is -0.397 e. The highest BCUT2D eigenvalue weighted by atomic mass is 32.1. The molecule has 1 aliphatic rings. The Morgan fingerprint density at radius 2 is 1.76 bits per heavy atom. The van der Waals surface area contributed by atoms with E-state index in [0.29, 0.717) is 16.9 Å². The standard InChI is InChI=1S/C28H27N7OS/c29-22-7-1-2-8-23(22)33-27(36)19-10-12-20(13-11-19)32-28-31-17-25(37-28)24-16-30-26-9-5-6-21(35(24)26)18-34-14-3-4-15-34/h1-2,5-13,16-17H,3-4,14-15,18,29H2,(H,31,32)(H,33,36). The molecular formula is C28H27N7OS. The van der Waals surface area contributed by atoms with E-state index < -0.39 is 0 Å². The van der Waals surface area contributed by atoms with Crippen molar-refractivity contribution in [3.63, 3.8) is 0 Å². The van der Waals surface area contributed by atoms with E-state index in [1.54, 1.807) is 35.6 Å². The minimum atomic E-state index is -0.210. The lowest BCUT2D eigenvalue weighted by atomic mass is 10.2. The zero-order valence-corrected chi connectivity index (χ0v) is 21.0. The fraction of sp³-hybridized carbons (Fsp3) is 0.179. The summed E-state index contributed by atoms with van der Waals surface area (Å²) in [6, 6.07) is 20.8. The number of para-hydroxylation sites is 2. The third-order valence-corrected chi connectivity index (χ3v) is 7.50. The second-order valence-corrected chi connectivity index (χ2v) is 10.1. The Hall–Kier alpha value is -4.21. The summed E-state index contributed by atoms with van der Waals surface area (Å²) in [4.78, 5) is 25.4. The average molecular weight is 510 g/mol. The van der Waals surface area contributed by atoms with Crippen molar-refractivity contribution in [3.8, 4) is 10.6 Å². The van der Waals surface area contributed by atoms with Crippen molar-refractivity contribution in [3.05, 3.63) is 90.4 Å². The number of thiazole rings is 1. The summed E-state index contributed by atoms with van der Waals surface area (Å²) in [5.74, 6) is -0.210. The van der Waals surface area contributed by atoms with Gasteiger partial charge in [0, 0.05) is 29.7 Å². The number of imidazole rings is 1. The Morgan fingerprint density at radius 1 is 0.946 bits per heavy atom. The minimum absolute atomic E-state index is 0.210. The molecule has 8 nitrogen and oxygen atoms in total. The number of fused-ring (bicyclic) bond motifs is 1. The largest absolute Gasteiger partial charge is 0.397 e. The topological polar surface area (TPSA) is 101 Å². The Kier molecular flexibility index (Phi) is 6.30. The molecule has 0 atom stereocenters. The number of hydrogen-bond donors (Lipinski definition) is 3. The number of carbonyl (C=O) groups excluding carboxylic acids is 1. The van der Waals surface area contributed by atoms with Gasteiger partial charge in [0.05, 0.1) is 28.1 Å². The molecule has 186 valence electrons. The molecule has 1 amide bonds. The number of pyridine rings is 1. The van der Waals surface area contributed by atoms with Crippen LogP contribution in [0.5, 0.6) is 0 Å². The van der Waals surface area contributed by atoms with Crippen molar-refractivity contribution in [2.24, 2.45) is 0 Å². The number of aromatic nitrogens is 3. The monoisotopic (exact) mass is 509 g/mol. The van der Waals surface area contributed by atoms with Gasteiger partial charge in [-0.3, -0.25) is 14.1 Å². The SMILES string of the molecule is Nc1ccccc1NC(=O)c1ccc(Nc2ncc(-c3cnc4cccc(CN5CCCC5)n34)s2)cc1. The number of likely N-dealkylation sites (tertiary alicyclic amines) is 1. The van der Waals surface area contributed by atoms with Gasteiger partial charge in [0.25, 0.3) is 5.91 Å². The number of nitrogens with one attached hydrogen (secondary N) is 2. The van der Waals surface area contributed by atoms with Crippen molar-refractivity contribution in [2.45, 2.75) is 19.4 Å². The van der Waals surface area contributed by atoms with E-state index >= 15 is 0 Å². The van der Waals surface area contributed by atoms with E-state index in [1.165, 1.54) is 18.5 Å². The number of hydrogen-bond acceptors (Lipinski definition) is 7. The molecule has 4 heterocycles. The second-order valence-electron chi connectivity index (χ2n) is 9.11. The smallest absolute Gasteiger partial charge is 0.255 e. The van der Waals surface area contributed by atoms with Gasteiger partial charge in [-0.2, -0.15) is 0 Å². The molecule has 6 rings (SSSR count). The van der Waals surface area contributed by atoms with E-state index in [4.69, 9.17) is 5.73 Å². The van der Waals surface area contributed by atoms with Gasteiger partial charge < -0.3 is 16.4 Å². The molecule has 1 saturated heterocycles. The maximum Gasteiger partial charge on any atom is 0.255 e. The number of anilines is 4. The van der Waals surface area contributed by atoms with Crippen LogP contribution in [0.4, 0.5) is 22.2 Å². The summed E-state index contributed by atoms with van der Waals surface area (Å²) >= 11 is 1.58. The van der Waals surface area contributed by atoms with Crippen LogP contribution in [0.25, 0.3) is 16.2 Å². The molecule has 0 bridgehead atoms. The summed E-state index contributed by atoms with van der Waals surface area (Å²) in [7, 11) is 0. The molecule has 37 heavy (non-hydrogen) atoms. The van der Waals surface area contributed by atoms with Crippen LogP contribution in [0.1, 0.15) is 28.9 Å². The summed E-state index contributed by atoms with van der Waals surface area (Å²) in [6.07, 6.45) is 6.34. The highest BCUT2D eigenvalue weighted by Gasteiger charge is 2.17. The van der Waals surface area contributed by atoms with Gasteiger partial charge in [-0.25, -0.2) is 9.97 Å². The van der Waals surface area contributed by atoms with Gasteiger partial charge in [0.15, 0.2) is 5.13 Å². The summed E-state index contributed by atoms with van der Waals surface area (Å²) < 4.78 is 2.24. The Morgan fingerprint density at radius 3 is 2.57 bits per heavy atom. The van der Waals surface area contributed by atoms with Gasteiger partial charge in [-0.1, -0.05) is 29.5 Å². The lowest BCUT2D eigenvalue weighted by Gasteiger charge is -2.16. The highest BCUT2D eigenvalue weighted by molar-refractivity contribution is 7.18. The van der Waals surface area contributed by atoms with Crippen LogP contribution in [-0.4, -0.2) is 38.3 Å². The number of rotatable bonds is 7. The Balaban J connectivity index is 1.17. The van der Waals surface area contributed by atoms with E-state index in [0.717, 1.165) is 46.7 Å². The van der Waals surface area contributed by atoms with Crippen molar-refractivity contribution < 1.29 is 4.79 Å². The number of nitrogens with two attached hydrogens (primary N) is 1. The Bertz CT molecular complexity index is 1550. The maximum atomic E-state index is 12.6. The molecule has 0 spiro atoms. The highest BCUT2D eigenvalue weighted by Crippen LogP contribution is 2.32. The number of benzene rings is 2. The van der Waals surface area contributed by atoms with Crippen molar-refractivity contribution in [1.29, 1.82) is 0 Å². The van der Waals surface area contributed by atoms with E-state index in [9.17, 15) is 4.79 Å². The molecule has 2 aromatic carbocycles. The van der Waals surface area contributed by atoms with E-state index in [-0.39, 0.29) is 5.91 Å². The van der Waals surface area contributed by atoms with Gasteiger partial charge in [-0.15, -0.1) is 0 Å². The predicted octanol–water partition coefficient (Wildman–Crippen LogP) is 5.63. The molecule has 0 aliphatic carbocycles. The predicted molar refractivity (Wildman–Crippen MR) is 149 cm³/mol. The van der Waals surface area contributed by atoms with Crippen LogP contribution < -0.4 is 16.4 Å². The number of nitrogens with zero attached hydrogens (tertiary/aromatic N) is 4. The first kappa shape index (κ1) is 23.2. The van der Waals surface area contributed by atoms with E-state index in [2.05, 4.69) is 42.0 Å². The fourth-order valence-corrected chi connectivity index (χ4v) is 5.49. The second kappa shape index (κ2) is 10.0. The van der Waals surface area contributed by atoms with Gasteiger partial charge in [0.1, 0.15) is 5.65 Å². The van der Waals surface area contributed by atoms with Crippen LogP contribution in [0.15, 0.2) is 79.1 Å². The molecule has 5 aromatic rings. The molecular weight excluding hydrogens is 482 g/mol. The van der Waals surface area contributed by atoms with Crippen LogP contribution in [-0.2, 0) is 6.54 Å². The first-order chi connectivity index (χ1) is 18.1. The van der Waals surface area contributed by atoms with Gasteiger partial charge >= 0.3 is 0 Å². The molecule has 1 aliphatic heterocycles. The molecule has 4 N–H and O–H groups in total. The average Bonchev–Trinajstić information content (AvgIpc) is 3.67. The lowest BCUT2D eigenvalue weighted by molar-refractivity contribution is 0.102. The zero-order chi connectivity index (χ0) is 25.2. The molecule has 9 heteroatoms. The quantitative estimate of drug-likeness (QED) is 0.246. The van der Waals surface area contributed by atoms with E-state index in [1.807, 2.05) is 42.7 Å². The Labute approximate surface area is 218 Å². The molecule has 0 unspecified atom stereocenters. The summed E-state index contributed by atoms with van der Waals surface area (Å²) in [6.45, 7) is 3.22. The molecule has 1 fully saturated rings.